The van der Waals surface area contributed by atoms with Crippen LogP contribution in [0.25, 0.3) is 10.9 Å². The smallest absolute Gasteiger partial charge is 0.303 e. The number of nitrogens with one attached hydrogen (secondary N) is 4. The SMILES string of the molecule is CC(=O)OC(C(=O)NCc1ccccc1)[C@H](C[C@@H]1CCNC1=O)NC(=O)[C@@H](CC(=O)c1cc2ccccc2[nH]1)CC1CCCCC1. The second-order valence-corrected chi connectivity index (χ2v) is 12.7. The average molecular weight is 629 g/mol. The van der Waals surface area contributed by atoms with Crippen molar-refractivity contribution in [2.24, 2.45) is 17.8 Å². The minimum atomic E-state index is -1.36. The fraction of sp³-hybridized carbons (Fsp3) is 0.472. The van der Waals surface area contributed by atoms with E-state index in [-0.39, 0.29) is 37.0 Å². The number of carbonyl (C=O) groups excluding carboxylic acids is 5. The molecule has 4 N–H and O–H groups in total. The van der Waals surface area contributed by atoms with Crippen LogP contribution in [-0.4, -0.2) is 53.1 Å². The average Bonchev–Trinajstić information content (AvgIpc) is 3.68. The lowest BCUT2D eigenvalue weighted by Crippen LogP contribution is -2.54. The zero-order valence-electron chi connectivity index (χ0n) is 26.4. The number of esters is 1. The standard InChI is InChI=1S/C36H44N4O6/c1-23(41)46-33(36(45)38-22-25-12-6-3-7-13-25)31(20-27-16-17-37-34(27)43)40-35(44)28(18-24-10-4-2-5-11-24)21-32(42)30-19-26-14-8-9-15-29(26)39-30/h3,6-9,12-15,19,24,27-28,31,33,39H,2,4-5,10-11,16-18,20-22H2,1H3,(H,37,43)(H,38,45)(H,40,44)/t27-,28+,31-,33?/m0/s1. The molecule has 1 aliphatic carbocycles. The molecule has 10 heteroatoms. The number of hydrogen-bond donors (Lipinski definition) is 4. The van der Waals surface area contributed by atoms with Crippen molar-refractivity contribution in [3.05, 3.63) is 71.9 Å². The zero-order valence-corrected chi connectivity index (χ0v) is 26.4. The van der Waals surface area contributed by atoms with Crippen LogP contribution in [-0.2, 0) is 30.5 Å². The van der Waals surface area contributed by atoms with Crippen molar-refractivity contribution in [3.8, 4) is 0 Å². The summed E-state index contributed by atoms with van der Waals surface area (Å²) in [6.07, 6.45) is 5.13. The van der Waals surface area contributed by atoms with Gasteiger partial charge in [0.05, 0.1) is 11.7 Å². The number of para-hydroxylation sites is 1. The summed E-state index contributed by atoms with van der Waals surface area (Å²) in [7, 11) is 0. The molecule has 1 saturated carbocycles. The highest BCUT2D eigenvalue weighted by Crippen LogP contribution is 2.31. The molecule has 2 aromatic carbocycles. The number of aromatic amines is 1. The Morgan fingerprint density at radius 1 is 0.913 bits per heavy atom. The highest BCUT2D eigenvalue weighted by Gasteiger charge is 2.39. The number of ketones is 1. The molecule has 2 aliphatic rings. The fourth-order valence-corrected chi connectivity index (χ4v) is 6.78. The number of hydrogen-bond acceptors (Lipinski definition) is 6. The quantitative estimate of drug-likeness (QED) is 0.152. The third-order valence-electron chi connectivity index (χ3n) is 9.23. The van der Waals surface area contributed by atoms with Crippen LogP contribution in [0.1, 0.15) is 80.8 Å². The molecule has 244 valence electrons. The molecular formula is C36H44N4O6. The largest absolute Gasteiger partial charge is 0.450 e. The molecule has 1 saturated heterocycles. The van der Waals surface area contributed by atoms with Gasteiger partial charge in [0.1, 0.15) is 0 Å². The summed E-state index contributed by atoms with van der Waals surface area (Å²) in [6.45, 7) is 1.90. The Morgan fingerprint density at radius 3 is 2.35 bits per heavy atom. The Balaban J connectivity index is 1.38. The van der Waals surface area contributed by atoms with Crippen molar-refractivity contribution in [3.63, 3.8) is 0 Å². The molecule has 1 aromatic heterocycles. The fourth-order valence-electron chi connectivity index (χ4n) is 6.78. The first kappa shape index (κ1) is 32.9. The normalized spacial score (nSPS) is 18.7. The van der Waals surface area contributed by atoms with E-state index in [1.165, 1.54) is 6.92 Å². The summed E-state index contributed by atoms with van der Waals surface area (Å²) in [4.78, 5) is 69.4. The number of carbonyl (C=O) groups is 5. The molecular weight excluding hydrogens is 584 g/mol. The van der Waals surface area contributed by atoms with Gasteiger partial charge >= 0.3 is 5.97 Å². The van der Waals surface area contributed by atoms with E-state index < -0.39 is 35.9 Å². The number of rotatable bonds is 14. The Morgan fingerprint density at radius 2 is 1.65 bits per heavy atom. The van der Waals surface area contributed by atoms with Crippen molar-refractivity contribution in [1.82, 2.24) is 20.9 Å². The van der Waals surface area contributed by atoms with Gasteiger partial charge in [-0.15, -0.1) is 0 Å². The molecule has 5 rings (SSSR count). The molecule has 0 bridgehead atoms. The van der Waals surface area contributed by atoms with Crippen molar-refractivity contribution < 1.29 is 28.7 Å². The monoisotopic (exact) mass is 628 g/mol. The summed E-state index contributed by atoms with van der Waals surface area (Å²) in [5, 5.41) is 9.56. The van der Waals surface area contributed by atoms with Crippen LogP contribution in [0.5, 0.6) is 0 Å². The molecule has 46 heavy (non-hydrogen) atoms. The third kappa shape index (κ3) is 8.83. The maximum atomic E-state index is 14.2. The van der Waals surface area contributed by atoms with Gasteiger partial charge < -0.3 is 25.7 Å². The minimum Gasteiger partial charge on any atom is -0.450 e. The highest BCUT2D eigenvalue weighted by molar-refractivity contribution is 6.01. The van der Waals surface area contributed by atoms with Gasteiger partial charge in [0.2, 0.25) is 11.8 Å². The number of benzene rings is 2. The van der Waals surface area contributed by atoms with Gasteiger partial charge in [-0.2, -0.15) is 0 Å². The first-order chi connectivity index (χ1) is 22.3. The van der Waals surface area contributed by atoms with Crippen LogP contribution in [0.2, 0.25) is 0 Å². The number of amides is 3. The topological polar surface area (TPSA) is 146 Å². The van der Waals surface area contributed by atoms with Gasteiger partial charge in [-0.3, -0.25) is 24.0 Å². The zero-order chi connectivity index (χ0) is 32.5. The third-order valence-corrected chi connectivity index (χ3v) is 9.23. The Kier molecular flexibility index (Phi) is 11.2. The van der Waals surface area contributed by atoms with Crippen molar-refractivity contribution >= 4 is 40.4 Å². The molecule has 2 fully saturated rings. The predicted molar refractivity (Wildman–Crippen MR) is 173 cm³/mol. The Labute approximate surface area is 269 Å². The number of aromatic nitrogens is 1. The van der Waals surface area contributed by atoms with Crippen molar-refractivity contribution in [2.45, 2.75) is 83.4 Å². The molecule has 4 atom stereocenters. The molecule has 2 heterocycles. The number of Topliss-reactive ketones (excluding diaryl/α,β-unsaturated/α-hetero) is 1. The van der Waals surface area contributed by atoms with E-state index in [0.717, 1.165) is 48.6 Å². The second-order valence-electron chi connectivity index (χ2n) is 12.7. The molecule has 3 amide bonds. The van der Waals surface area contributed by atoms with E-state index in [1.54, 1.807) is 0 Å². The van der Waals surface area contributed by atoms with Gasteiger partial charge in [0.15, 0.2) is 11.9 Å². The van der Waals surface area contributed by atoms with E-state index in [0.29, 0.717) is 31.0 Å². The van der Waals surface area contributed by atoms with Gasteiger partial charge in [-0.25, -0.2) is 0 Å². The molecule has 0 radical (unpaired) electrons. The summed E-state index contributed by atoms with van der Waals surface area (Å²) in [5.41, 5.74) is 2.15. The van der Waals surface area contributed by atoms with E-state index in [9.17, 15) is 24.0 Å². The van der Waals surface area contributed by atoms with Crippen LogP contribution in [0.4, 0.5) is 0 Å². The first-order valence-corrected chi connectivity index (χ1v) is 16.4. The summed E-state index contributed by atoms with van der Waals surface area (Å²) in [5.74, 6) is -2.79. The van der Waals surface area contributed by atoms with E-state index in [1.807, 2.05) is 60.7 Å². The maximum absolute atomic E-state index is 14.2. The Hall–Kier alpha value is -4.47. The van der Waals surface area contributed by atoms with Crippen LogP contribution in [0.15, 0.2) is 60.7 Å². The van der Waals surface area contributed by atoms with Crippen molar-refractivity contribution in [1.29, 1.82) is 0 Å². The molecule has 1 unspecified atom stereocenters. The number of ether oxygens (including phenoxy) is 1. The molecule has 10 nitrogen and oxygen atoms in total. The lowest BCUT2D eigenvalue weighted by Gasteiger charge is -2.31. The number of fused-ring (bicyclic) bond motifs is 1. The van der Waals surface area contributed by atoms with Crippen molar-refractivity contribution in [2.75, 3.05) is 6.54 Å². The maximum Gasteiger partial charge on any atom is 0.303 e. The number of H-pyrrole nitrogens is 1. The van der Waals surface area contributed by atoms with Crippen LogP contribution >= 0.6 is 0 Å². The van der Waals surface area contributed by atoms with Crippen LogP contribution < -0.4 is 16.0 Å². The summed E-state index contributed by atoms with van der Waals surface area (Å²) < 4.78 is 5.55. The molecule has 1 aliphatic heterocycles. The molecule has 3 aromatic rings. The molecule has 0 spiro atoms. The lowest BCUT2D eigenvalue weighted by atomic mass is 9.80. The van der Waals surface area contributed by atoms with E-state index in [2.05, 4.69) is 20.9 Å². The summed E-state index contributed by atoms with van der Waals surface area (Å²) >= 11 is 0. The van der Waals surface area contributed by atoms with Gasteiger partial charge in [-0.1, -0.05) is 80.6 Å². The predicted octanol–water partition coefficient (Wildman–Crippen LogP) is 4.59. The van der Waals surface area contributed by atoms with Crippen LogP contribution in [0, 0.1) is 17.8 Å². The lowest BCUT2D eigenvalue weighted by molar-refractivity contribution is -0.157. The van der Waals surface area contributed by atoms with E-state index in [4.69, 9.17) is 4.74 Å². The van der Waals surface area contributed by atoms with Gasteiger partial charge in [0, 0.05) is 49.2 Å². The van der Waals surface area contributed by atoms with Gasteiger partial charge in [-0.05, 0) is 42.9 Å². The van der Waals surface area contributed by atoms with Gasteiger partial charge in [0.25, 0.3) is 5.91 Å². The first-order valence-electron chi connectivity index (χ1n) is 16.4. The minimum absolute atomic E-state index is 0.00970. The van der Waals surface area contributed by atoms with Crippen LogP contribution in [0.3, 0.4) is 0 Å². The Bertz CT molecular complexity index is 1500. The summed E-state index contributed by atoms with van der Waals surface area (Å²) in [6, 6.07) is 17.8. The van der Waals surface area contributed by atoms with E-state index >= 15 is 0 Å². The second kappa shape index (κ2) is 15.7. The highest BCUT2D eigenvalue weighted by atomic mass is 16.5.